The van der Waals surface area contributed by atoms with Gasteiger partial charge in [0.1, 0.15) is 0 Å². The summed E-state index contributed by atoms with van der Waals surface area (Å²) >= 11 is 3.38. The Kier molecular flexibility index (Phi) is 2.44. The largest absolute Gasteiger partial charge is 0.398 e. The summed E-state index contributed by atoms with van der Waals surface area (Å²) in [4.78, 5) is 0. The van der Waals surface area contributed by atoms with Crippen LogP contribution in [0.5, 0.6) is 0 Å². The molecule has 0 saturated carbocycles. The van der Waals surface area contributed by atoms with Crippen LogP contribution in [0.2, 0.25) is 0 Å². The van der Waals surface area contributed by atoms with E-state index in [0.29, 0.717) is 0 Å². The first-order chi connectivity index (χ1) is 5.41. The van der Waals surface area contributed by atoms with Gasteiger partial charge in [0.2, 0.25) is 0 Å². The van der Waals surface area contributed by atoms with Crippen LogP contribution in [0.15, 0.2) is 22.7 Å². The highest BCUT2D eigenvalue weighted by atomic mass is 79.9. The average molecular weight is 229 g/mol. The van der Waals surface area contributed by atoms with E-state index in [9.17, 15) is 0 Å². The number of rotatable bonds is 1. The molecular formula is C9H13BrN2. The molecule has 2 nitrogen and oxygen atoms in total. The van der Waals surface area contributed by atoms with Gasteiger partial charge in [-0.25, -0.2) is 0 Å². The Bertz CT molecular complexity index is 289. The Morgan fingerprint density at radius 1 is 1.33 bits per heavy atom. The zero-order valence-corrected chi connectivity index (χ0v) is 8.85. The van der Waals surface area contributed by atoms with Crippen LogP contribution in [0.1, 0.15) is 19.4 Å². The molecule has 0 aromatic heterocycles. The van der Waals surface area contributed by atoms with Crippen molar-refractivity contribution >= 4 is 21.6 Å². The number of anilines is 1. The first-order valence-corrected chi connectivity index (χ1v) is 4.55. The van der Waals surface area contributed by atoms with E-state index in [0.717, 1.165) is 15.7 Å². The van der Waals surface area contributed by atoms with Gasteiger partial charge in [0.15, 0.2) is 0 Å². The van der Waals surface area contributed by atoms with Crippen LogP contribution >= 0.6 is 15.9 Å². The van der Waals surface area contributed by atoms with Gasteiger partial charge in [-0.3, -0.25) is 0 Å². The van der Waals surface area contributed by atoms with E-state index in [-0.39, 0.29) is 5.54 Å². The quantitative estimate of drug-likeness (QED) is 0.725. The topological polar surface area (TPSA) is 52.0 Å². The van der Waals surface area contributed by atoms with E-state index in [1.54, 1.807) is 0 Å². The molecule has 12 heavy (non-hydrogen) atoms. The minimum absolute atomic E-state index is 0.381. The second kappa shape index (κ2) is 3.07. The molecule has 0 radical (unpaired) electrons. The van der Waals surface area contributed by atoms with E-state index in [1.165, 1.54) is 0 Å². The van der Waals surface area contributed by atoms with Gasteiger partial charge in [0, 0.05) is 15.7 Å². The third kappa shape index (κ3) is 1.99. The smallest absolute Gasteiger partial charge is 0.0373 e. The van der Waals surface area contributed by atoms with Crippen molar-refractivity contribution in [2.75, 3.05) is 5.73 Å². The molecule has 0 unspecified atom stereocenters. The van der Waals surface area contributed by atoms with Crippen LogP contribution in [0, 0.1) is 0 Å². The SMILES string of the molecule is CC(C)(N)c1cc(Br)ccc1N. The minimum Gasteiger partial charge on any atom is -0.398 e. The Hall–Kier alpha value is -0.540. The molecule has 0 aliphatic carbocycles. The standard InChI is InChI=1S/C9H13BrN2/c1-9(2,12)7-5-6(10)3-4-8(7)11/h3-5H,11-12H2,1-2H3. The van der Waals surface area contributed by atoms with E-state index >= 15 is 0 Å². The summed E-state index contributed by atoms with van der Waals surface area (Å²) in [7, 11) is 0. The maximum atomic E-state index is 5.93. The maximum absolute atomic E-state index is 5.93. The molecule has 0 saturated heterocycles. The molecule has 1 rings (SSSR count). The summed E-state index contributed by atoms with van der Waals surface area (Å²) in [5, 5.41) is 0. The monoisotopic (exact) mass is 228 g/mol. The summed E-state index contributed by atoms with van der Waals surface area (Å²) in [5.41, 5.74) is 13.0. The molecule has 4 N–H and O–H groups in total. The number of hydrogen-bond donors (Lipinski definition) is 2. The Labute approximate surface area is 81.1 Å². The summed E-state index contributed by atoms with van der Waals surface area (Å²) in [6, 6.07) is 5.72. The van der Waals surface area contributed by atoms with Gasteiger partial charge in [-0.2, -0.15) is 0 Å². The zero-order valence-electron chi connectivity index (χ0n) is 7.26. The van der Waals surface area contributed by atoms with E-state index < -0.39 is 0 Å². The van der Waals surface area contributed by atoms with Gasteiger partial charge in [0.05, 0.1) is 0 Å². The van der Waals surface area contributed by atoms with Crippen molar-refractivity contribution in [2.24, 2.45) is 5.73 Å². The summed E-state index contributed by atoms with van der Waals surface area (Å²) in [5.74, 6) is 0. The van der Waals surface area contributed by atoms with Gasteiger partial charge in [-0.05, 0) is 37.6 Å². The number of hydrogen-bond acceptors (Lipinski definition) is 2. The molecule has 0 aliphatic heterocycles. The number of nitrogens with two attached hydrogens (primary N) is 2. The van der Waals surface area contributed by atoms with E-state index in [2.05, 4.69) is 15.9 Å². The Morgan fingerprint density at radius 3 is 2.33 bits per heavy atom. The predicted molar refractivity (Wildman–Crippen MR) is 55.8 cm³/mol. The highest BCUT2D eigenvalue weighted by Crippen LogP contribution is 2.26. The molecule has 66 valence electrons. The zero-order chi connectivity index (χ0) is 9.35. The molecule has 0 atom stereocenters. The molecule has 0 heterocycles. The molecule has 3 heteroatoms. The first kappa shape index (κ1) is 9.55. The molecule has 1 aromatic rings. The molecule has 0 bridgehead atoms. The van der Waals surface area contributed by atoms with Gasteiger partial charge in [-0.15, -0.1) is 0 Å². The summed E-state index contributed by atoms with van der Waals surface area (Å²) in [6.07, 6.45) is 0. The third-order valence-corrected chi connectivity index (χ3v) is 2.20. The van der Waals surface area contributed by atoms with Gasteiger partial charge < -0.3 is 11.5 Å². The van der Waals surface area contributed by atoms with Crippen LogP contribution in [0.3, 0.4) is 0 Å². The lowest BCUT2D eigenvalue weighted by atomic mass is 9.94. The van der Waals surface area contributed by atoms with Crippen LogP contribution in [-0.2, 0) is 5.54 Å². The van der Waals surface area contributed by atoms with Crippen molar-refractivity contribution in [3.8, 4) is 0 Å². The van der Waals surface area contributed by atoms with Gasteiger partial charge in [-0.1, -0.05) is 15.9 Å². The van der Waals surface area contributed by atoms with Crippen molar-refractivity contribution in [1.29, 1.82) is 0 Å². The molecular weight excluding hydrogens is 216 g/mol. The van der Waals surface area contributed by atoms with Crippen LogP contribution < -0.4 is 11.5 Å². The van der Waals surface area contributed by atoms with Gasteiger partial charge in [0.25, 0.3) is 0 Å². The number of benzene rings is 1. The fourth-order valence-corrected chi connectivity index (χ4v) is 1.45. The van der Waals surface area contributed by atoms with Crippen LogP contribution in [-0.4, -0.2) is 0 Å². The fraction of sp³-hybridized carbons (Fsp3) is 0.333. The molecule has 0 amide bonds. The average Bonchev–Trinajstić information content (AvgIpc) is 1.92. The Balaban J connectivity index is 3.23. The predicted octanol–water partition coefficient (Wildman–Crippen LogP) is 2.23. The molecule has 0 spiro atoms. The van der Waals surface area contributed by atoms with Gasteiger partial charge >= 0.3 is 0 Å². The molecule has 0 fully saturated rings. The summed E-state index contributed by atoms with van der Waals surface area (Å²) < 4.78 is 1.00. The van der Waals surface area contributed by atoms with E-state index in [1.807, 2.05) is 32.0 Å². The second-order valence-electron chi connectivity index (χ2n) is 3.45. The van der Waals surface area contributed by atoms with E-state index in [4.69, 9.17) is 11.5 Å². The lowest BCUT2D eigenvalue weighted by Gasteiger charge is -2.21. The number of nitrogen functional groups attached to an aromatic ring is 1. The normalized spacial score (nSPS) is 11.7. The van der Waals surface area contributed by atoms with Crippen molar-refractivity contribution in [2.45, 2.75) is 19.4 Å². The fourth-order valence-electron chi connectivity index (χ4n) is 1.09. The van der Waals surface area contributed by atoms with Crippen LogP contribution in [0.4, 0.5) is 5.69 Å². The lowest BCUT2D eigenvalue weighted by Crippen LogP contribution is -2.29. The Morgan fingerprint density at radius 2 is 1.92 bits per heavy atom. The minimum atomic E-state index is -0.381. The number of halogens is 1. The maximum Gasteiger partial charge on any atom is 0.0373 e. The first-order valence-electron chi connectivity index (χ1n) is 3.75. The van der Waals surface area contributed by atoms with Crippen molar-refractivity contribution in [3.05, 3.63) is 28.2 Å². The lowest BCUT2D eigenvalue weighted by molar-refractivity contribution is 0.556. The second-order valence-corrected chi connectivity index (χ2v) is 4.37. The van der Waals surface area contributed by atoms with Crippen LogP contribution in [0.25, 0.3) is 0 Å². The third-order valence-electron chi connectivity index (χ3n) is 1.71. The summed E-state index contributed by atoms with van der Waals surface area (Å²) in [6.45, 7) is 3.87. The highest BCUT2D eigenvalue weighted by molar-refractivity contribution is 9.10. The van der Waals surface area contributed by atoms with Crippen molar-refractivity contribution in [3.63, 3.8) is 0 Å². The molecule has 1 aromatic carbocycles. The van der Waals surface area contributed by atoms with Crippen molar-refractivity contribution < 1.29 is 0 Å². The molecule has 0 aliphatic rings. The van der Waals surface area contributed by atoms with Crippen molar-refractivity contribution in [1.82, 2.24) is 0 Å². The highest BCUT2D eigenvalue weighted by Gasteiger charge is 2.16.